The van der Waals surface area contributed by atoms with Gasteiger partial charge in [-0.05, 0) is 94.1 Å². The molecule has 1 N–H and O–H groups in total. The van der Waals surface area contributed by atoms with Crippen LogP contribution in [0.2, 0.25) is 10.0 Å². The van der Waals surface area contributed by atoms with Gasteiger partial charge >= 0.3 is 12.1 Å². The first kappa shape index (κ1) is 31.9. The molecule has 0 saturated heterocycles. The molecule has 3 fully saturated rings. The summed E-state index contributed by atoms with van der Waals surface area (Å²) >= 11 is 12.4. The molecule has 5 rings (SSSR count). The third-order valence-electron chi connectivity index (χ3n) is 9.92. The van der Waals surface area contributed by atoms with Crippen LogP contribution in [-0.2, 0) is 9.59 Å². The fourth-order valence-electron chi connectivity index (χ4n) is 7.19. The highest BCUT2D eigenvalue weighted by Crippen LogP contribution is 2.66. The van der Waals surface area contributed by atoms with Gasteiger partial charge in [-0.2, -0.15) is 13.2 Å². The summed E-state index contributed by atoms with van der Waals surface area (Å²) in [5.41, 5.74) is -4.71. The molecule has 12 heteroatoms. The van der Waals surface area contributed by atoms with Crippen molar-refractivity contribution < 1.29 is 37.1 Å². The van der Waals surface area contributed by atoms with E-state index in [0.29, 0.717) is 25.7 Å². The standard InChI is InChI=1S/C31H34Cl2F4N2O4/c1-28(27(42)43)7-5-18(6-8-28)19-11-21(31(35,36)37)20(13-38-12-19)26(41)39(17-30(34)15-29(16-30)9-10-29)14-24(40)25-22(32)3-2-4-23(25)33/h2-4,13,18-19H,5-12,14-17H2,1H3,(H,42,43). The molecule has 1 aromatic carbocycles. The molecule has 43 heavy (non-hydrogen) atoms. The van der Waals surface area contributed by atoms with Gasteiger partial charge < -0.3 is 10.0 Å². The van der Waals surface area contributed by atoms with Crippen molar-refractivity contribution in [2.24, 2.45) is 27.7 Å². The van der Waals surface area contributed by atoms with Gasteiger partial charge in [-0.15, -0.1) is 0 Å². The fraction of sp³-hybridized carbons (Fsp3) is 0.613. The number of aliphatic imine (C=N–C) groups is 1. The SMILES string of the molecule is CC1(C(=O)O)CCC(C2CN=CC(C(=O)N(CC(=O)c3c(Cl)cccc3Cl)CC3(F)CC4(CC4)C3)=C(C(F)(F)F)C2)CC1. The Morgan fingerprint density at radius 1 is 1.05 bits per heavy atom. The zero-order valence-electron chi connectivity index (χ0n) is 23.8. The van der Waals surface area contributed by atoms with Crippen LogP contribution in [0.25, 0.3) is 0 Å². The van der Waals surface area contributed by atoms with Gasteiger partial charge in [0.15, 0.2) is 5.78 Å². The van der Waals surface area contributed by atoms with E-state index in [1.807, 2.05) is 0 Å². The highest BCUT2D eigenvalue weighted by molar-refractivity contribution is 6.40. The maximum atomic E-state index is 15.8. The summed E-state index contributed by atoms with van der Waals surface area (Å²) in [4.78, 5) is 44.0. The molecular weight excluding hydrogens is 611 g/mol. The molecule has 0 bridgehead atoms. The molecule has 1 unspecified atom stereocenters. The highest BCUT2D eigenvalue weighted by atomic mass is 35.5. The van der Waals surface area contributed by atoms with Crippen LogP contribution in [0.4, 0.5) is 17.6 Å². The van der Waals surface area contributed by atoms with Crippen molar-refractivity contribution in [2.45, 2.75) is 76.6 Å². The average Bonchev–Trinajstić information content (AvgIpc) is 3.70. The number of amides is 1. The molecule has 3 aliphatic carbocycles. The normalized spacial score (nSPS) is 27.8. The van der Waals surface area contributed by atoms with Crippen molar-refractivity contribution in [1.82, 2.24) is 4.90 Å². The molecule has 1 spiro atoms. The zero-order valence-corrected chi connectivity index (χ0v) is 25.3. The number of allylic oxidation sites excluding steroid dienone is 1. The summed E-state index contributed by atoms with van der Waals surface area (Å²) in [6.45, 7) is 0.437. The van der Waals surface area contributed by atoms with Crippen LogP contribution < -0.4 is 0 Å². The first-order valence-electron chi connectivity index (χ1n) is 14.5. The van der Waals surface area contributed by atoms with E-state index in [-0.39, 0.29) is 46.3 Å². The average molecular weight is 646 g/mol. The van der Waals surface area contributed by atoms with Gasteiger partial charge in [0, 0.05) is 18.3 Å². The Kier molecular flexibility index (Phi) is 8.53. The predicted octanol–water partition coefficient (Wildman–Crippen LogP) is 7.52. The van der Waals surface area contributed by atoms with Gasteiger partial charge in [0.25, 0.3) is 5.91 Å². The predicted molar refractivity (Wildman–Crippen MR) is 154 cm³/mol. The second-order valence-corrected chi connectivity index (χ2v) is 14.1. The molecular formula is C31H34Cl2F4N2O4. The van der Waals surface area contributed by atoms with Crippen molar-refractivity contribution >= 4 is 47.1 Å². The summed E-state index contributed by atoms with van der Waals surface area (Å²) in [6.07, 6.45) is -0.819. The summed E-state index contributed by atoms with van der Waals surface area (Å²) in [7, 11) is 0. The molecule has 1 heterocycles. The monoisotopic (exact) mass is 644 g/mol. The van der Waals surface area contributed by atoms with Crippen LogP contribution >= 0.6 is 23.2 Å². The van der Waals surface area contributed by atoms with Crippen molar-refractivity contribution in [3.05, 3.63) is 45.0 Å². The number of aliphatic carboxylic acids is 1. The lowest BCUT2D eigenvalue weighted by Crippen LogP contribution is -2.53. The zero-order chi connectivity index (χ0) is 31.4. The molecule has 1 amide bonds. The van der Waals surface area contributed by atoms with Gasteiger partial charge in [0.1, 0.15) is 5.67 Å². The lowest BCUT2D eigenvalue weighted by Gasteiger charge is -2.44. The number of benzene rings is 1. The number of Topliss-reactive ketones (excluding diaryl/α,β-unsaturated/α-hetero) is 1. The molecule has 1 atom stereocenters. The highest BCUT2D eigenvalue weighted by Gasteiger charge is 2.62. The van der Waals surface area contributed by atoms with E-state index < -0.39 is 71.5 Å². The van der Waals surface area contributed by atoms with Crippen molar-refractivity contribution in [2.75, 3.05) is 19.6 Å². The molecule has 1 aliphatic heterocycles. The number of carbonyl (C=O) groups excluding carboxylic acids is 2. The molecule has 0 aromatic heterocycles. The van der Waals surface area contributed by atoms with E-state index in [2.05, 4.69) is 4.99 Å². The maximum Gasteiger partial charge on any atom is 0.413 e. The van der Waals surface area contributed by atoms with Gasteiger partial charge in [-0.25, -0.2) is 4.39 Å². The lowest BCUT2D eigenvalue weighted by molar-refractivity contribution is -0.150. The number of hydrogen-bond acceptors (Lipinski definition) is 4. The number of carboxylic acid groups (broad SMARTS) is 1. The van der Waals surface area contributed by atoms with Crippen LogP contribution in [0.5, 0.6) is 0 Å². The number of nitrogens with zero attached hydrogens (tertiary/aromatic N) is 2. The third kappa shape index (κ3) is 6.65. The van der Waals surface area contributed by atoms with Crippen molar-refractivity contribution in [3.63, 3.8) is 0 Å². The largest absolute Gasteiger partial charge is 0.481 e. The van der Waals surface area contributed by atoms with Crippen molar-refractivity contribution in [3.8, 4) is 0 Å². The maximum absolute atomic E-state index is 15.8. The smallest absolute Gasteiger partial charge is 0.413 e. The van der Waals surface area contributed by atoms with Gasteiger partial charge in [-0.1, -0.05) is 29.3 Å². The number of carboxylic acids is 1. The summed E-state index contributed by atoms with van der Waals surface area (Å²) in [5, 5.41) is 9.58. The summed E-state index contributed by atoms with van der Waals surface area (Å²) < 4.78 is 59.5. The topological polar surface area (TPSA) is 87.0 Å². The quantitative estimate of drug-likeness (QED) is 0.234. The van der Waals surface area contributed by atoms with Crippen LogP contribution in [0.1, 0.15) is 75.1 Å². The second kappa shape index (κ2) is 11.5. The third-order valence-corrected chi connectivity index (χ3v) is 10.5. The lowest BCUT2D eigenvalue weighted by atomic mass is 9.67. The van der Waals surface area contributed by atoms with Crippen LogP contribution in [-0.4, -0.2) is 65.4 Å². The Morgan fingerprint density at radius 2 is 1.65 bits per heavy atom. The summed E-state index contributed by atoms with van der Waals surface area (Å²) in [5.74, 6) is -3.51. The fourth-order valence-corrected chi connectivity index (χ4v) is 7.80. The minimum Gasteiger partial charge on any atom is -0.481 e. The van der Waals surface area contributed by atoms with Gasteiger partial charge in [-0.3, -0.25) is 19.4 Å². The Bertz CT molecular complexity index is 1350. The Labute approximate surface area is 257 Å². The number of ketones is 1. The van der Waals surface area contributed by atoms with E-state index >= 15 is 4.39 Å². The molecule has 3 saturated carbocycles. The number of hydrogen-bond donors (Lipinski definition) is 1. The van der Waals surface area contributed by atoms with Crippen LogP contribution in [0.3, 0.4) is 0 Å². The molecule has 6 nitrogen and oxygen atoms in total. The Balaban J connectivity index is 1.43. The molecule has 234 valence electrons. The Morgan fingerprint density at radius 3 is 2.19 bits per heavy atom. The molecule has 0 radical (unpaired) electrons. The number of rotatable bonds is 8. The molecule has 4 aliphatic rings. The van der Waals surface area contributed by atoms with E-state index in [1.165, 1.54) is 18.2 Å². The van der Waals surface area contributed by atoms with E-state index in [1.54, 1.807) is 6.92 Å². The Hall–Kier alpha value is -2.46. The first-order valence-corrected chi connectivity index (χ1v) is 15.3. The van der Waals surface area contributed by atoms with E-state index in [9.17, 15) is 32.7 Å². The van der Waals surface area contributed by atoms with E-state index in [4.69, 9.17) is 23.2 Å². The minimum absolute atomic E-state index is 0.0148. The number of alkyl halides is 4. The second-order valence-electron chi connectivity index (χ2n) is 13.2. The minimum atomic E-state index is -4.88. The number of halogens is 6. The molecule has 1 aromatic rings. The van der Waals surface area contributed by atoms with Crippen molar-refractivity contribution in [1.29, 1.82) is 0 Å². The summed E-state index contributed by atoms with van der Waals surface area (Å²) in [6, 6.07) is 4.38. The number of carbonyl (C=O) groups is 3. The van der Waals surface area contributed by atoms with Gasteiger partial charge in [0.2, 0.25) is 0 Å². The van der Waals surface area contributed by atoms with Crippen LogP contribution in [0, 0.1) is 22.7 Å². The van der Waals surface area contributed by atoms with Gasteiger partial charge in [0.05, 0.1) is 39.7 Å². The first-order chi connectivity index (χ1) is 20.0. The van der Waals surface area contributed by atoms with Crippen LogP contribution in [0.15, 0.2) is 34.3 Å². The van der Waals surface area contributed by atoms with E-state index in [0.717, 1.165) is 24.0 Å².